The Morgan fingerprint density at radius 2 is 2.10 bits per heavy atom. The molecule has 1 aliphatic heterocycles. The molecule has 0 aromatic carbocycles. The molecule has 1 aromatic heterocycles. The number of nitrogens with one attached hydrogen (secondary N) is 2. The lowest BCUT2D eigenvalue weighted by molar-refractivity contribution is -0.126. The first-order valence-corrected chi connectivity index (χ1v) is 7.64. The quantitative estimate of drug-likeness (QED) is 0.894. The van der Waals surface area contributed by atoms with Crippen molar-refractivity contribution in [2.45, 2.75) is 46.6 Å². The van der Waals surface area contributed by atoms with Crippen molar-refractivity contribution in [2.75, 3.05) is 13.1 Å². The molecule has 1 aromatic rings. The SMILES string of the molecule is Cc1cc(C)c(C(=O)N2CCC[C@H](C(=O)NC(C)C)C2)[nH]1. The van der Waals surface area contributed by atoms with Crippen molar-refractivity contribution in [2.24, 2.45) is 5.92 Å². The zero-order valence-corrected chi connectivity index (χ0v) is 13.3. The second kappa shape index (κ2) is 6.33. The first-order valence-electron chi connectivity index (χ1n) is 7.64. The molecule has 1 saturated heterocycles. The van der Waals surface area contributed by atoms with Crippen LogP contribution in [0, 0.1) is 19.8 Å². The number of nitrogens with zero attached hydrogens (tertiary/aromatic N) is 1. The largest absolute Gasteiger partial charge is 0.354 e. The maximum absolute atomic E-state index is 12.6. The van der Waals surface area contributed by atoms with Gasteiger partial charge in [0.1, 0.15) is 5.69 Å². The van der Waals surface area contributed by atoms with E-state index in [1.165, 1.54) is 0 Å². The van der Waals surface area contributed by atoms with E-state index in [2.05, 4.69) is 10.3 Å². The van der Waals surface area contributed by atoms with E-state index in [4.69, 9.17) is 0 Å². The van der Waals surface area contributed by atoms with E-state index in [9.17, 15) is 9.59 Å². The highest BCUT2D eigenvalue weighted by atomic mass is 16.2. The van der Waals surface area contributed by atoms with E-state index in [-0.39, 0.29) is 23.8 Å². The number of aromatic nitrogens is 1. The molecule has 0 spiro atoms. The van der Waals surface area contributed by atoms with Crippen LogP contribution in [0.1, 0.15) is 48.4 Å². The number of piperidine rings is 1. The van der Waals surface area contributed by atoms with Crippen LogP contribution >= 0.6 is 0 Å². The van der Waals surface area contributed by atoms with Crippen molar-refractivity contribution < 1.29 is 9.59 Å². The fraction of sp³-hybridized carbons (Fsp3) is 0.625. The minimum atomic E-state index is -0.0959. The molecular weight excluding hydrogens is 266 g/mol. The van der Waals surface area contributed by atoms with Crippen molar-refractivity contribution in [1.82, 2.24) is 15.2 Å². The highest BCUT2D eigenvalue weighted by Gasteiger charge is 2.30. The molecule has 2 N–H and O–H groups in total. The Morgan fingerprint density at radius 1 is 1.38 bits per heavy atom. The van der Waals surface area contributed by atoms with Crippen molar-refractivity contribution in [3.8, 4) is 0 Å². The van der Waals surface area contributed by atoms with Crippen LogP contribution < -0.4 is 5.32 Å². The number of likely N-dealkylation sites (tertiary alicyclic amines) is 1. The Labute approximate surface area is 126 Å². The fourth-order valence-corrected chi connectivity index (χ4v) is 2.89. The monoisotopic (exact) mass is 291 g/mol. The number of carbonyl (C=O) groups excluding carboxylic acids is 2. The minimum absolute atomic E-state index is 0.00245. The van der Waals surface area contributed by atoms with Crippen molar-refractivity contribution in [3.05, 3.63) is 23.0 Å². The highest BCUT2D eigenvalue weighted by Crippen LogP contribution is 2.20. The molecule has 2 heterocycles. The predicted octanol–water partition coefficient (Wildman–Crippen LogP) is 2.01. The van der Waals surface area contributed by atoms with Gasteiger partial charge < -0.3 is 15.2 Å². The van der Waals surface area contributed by atoms with Crippen LogP contribution in [-0.4, -0.2) is 40.8 Å². The molecule has 0 saturated carbocycles. The van der Waals surface area contributed by atoms with Gasteiger partial charge in [-0.2, -0.15) is 0 Å². The van der Waals surface area contributed by atoms with Gasteiger partial charge >= 0.3 is 0 Å². The van der Waals surface area contributed by atoms with Gasteiger partial charge in [0, 0.05) is 24.8 Å². The van der Waals surface area contributed by atoms with E-state index in [0.29, 0.717) is 12.2 Å². The third kappa shape index (κ3) is 3.65. The van der Waals surface area contributed by atoms with Crippen LogP contribution in [0.4, 0.5) is 0 Å². The topological polar surface area (TPSA) is 65.2 Å². The zero-order valence-electron chi connectivity index (χ0n) is 13.3. The summed E-state index contributed by atoms with van der Waals surface area (Å²) in [6.45, 7) is 9.02. The predicted molar refractivity (Wildman–Crippen MR) is 82.2 cm³/mol. The molecular formula is C16H25N3O2. The van der Waals surface area contributed by atoms with E-state index in [0.717, 1.165) is 30.6 Å². The lowest BCUT2D eigenvalue weighted by Gasteiger charge is -2.32. The zero-order chi connectivity index (χ0) is 15.6. The van der Waals surface area contributed by atoms with Gasteiger partial charge in [0.2, 0.25) is 5.91 Å². The van der Waals surface area contributed by atoms with Gasteiger partial charge in [0.15, 0.2) is 0 Å². The first kappa shape index (κ1) is 15.6. The maximum atomic E-state index is 12.6. The Morgan fingerprint density at radius 3 is 2.67 bits per heavy atom. The van der Waals surface area contributed by atoms with E-state index < -0.39 is 0 Å². The smallest absolute Gasteiger partial charge is 0.270 e. The van der Waals surface area contributed by atoms with E-state index in [1.54, 1.807) is 4.90 Å². The Kier molecular flexibility index (Phi) is 4.70. The van der Waals surface area contributed by atoms with Crippen LogP contribution in [0.25, 0.3) is 0 Å². The molecule has 0 unspecified atom stereocenters. The van der Waals surface area contributed by atoms with Crippen LogP contribution in [-0.2, 0) is 4.79 Å². The molecule has 0 radical (unpaired) electrons. The summed E-state index contributed by atoms with van der Waals surface area (Å²) in [6, 6.07) is 2.11. The number of H-pyrrole nitrogens is 1. The van der Waals surface area contributed by atoms with Crippen LogP contribution in [0.3, 0.4) is 0 Å². The average molecular weight is 291 g/mol. The molecule has 2 rings (SSSR count). The average Bonchev–Trinajstić information content (AvgIpc) is 2.76. The van der Waals surface area contributed by atoms with Gasteiger partial charge in [-0.15, -0.1) is 0 Å². The molecule has 1 fully saturated rings. The van der Waals surface area contributed by atoms with Gasteiger partial charge in [0.05, 0.1) is 5.92 Å². The Balaban J connectivity index is 2.05. The van der Waals surface area contributed by atoms with Crippen LogP contribution in [0.15, 0.2) is 6.07 Å². The highest BCUT2D eigenvalue weighted by molar-refractivity contribution is 5.94. The molecule has 0 aliphatic carbocycles. The molecule has 21 heavy (non-hydrogen) atoms. The molecule has 5 nitrogen and oxygen atoms in total. The normalized spacial score (nSPS) is 18.9. The number of carbonyl (C=O) groups is 2. The van der Waals surface area contributed by atoms with Gasteiger partial charge in [-0.05, 0) is 52.2 Å². The van der Waals surface area contributed by atoms with Gasteiger partial charge in [-0.3, -0.25) is 9.59 Å². The number of aromatic amines is 1. The summed E-state index contributed by atoms with van der Waals surface area (Å²) in [5, 5.41) is 2.94. The first-order chi connectivity index (χ1) is 9.88. The third-order valence-corrected chi connectivity index (χ3v) is 3.87. The molecule has 116 valence electrons. The second-order valence-corrected chi connectivity index (χ2v) is 6.26. The molecule has 0 bridgehead atoms. The third-order valence-electron chi connectivity index (χ3n) is 3.87. The van der Waals surface area contributed by atoms with E-state index >= 15 is 0 Å². The standard InChI is InChI=1S/C16H25N3O2/c1-10(2)17-15(20)13-6-5-7-19(9-13)16(21)14-11(3)8-12(4)18-14/h8,10,13,18H,5-7,9H2,1-4H3,(H,17,20)/t13-/m0/s1. The summed E-state index contributed by atoms with van der Waals surface area (Å²) in [5.74, 6) is -0.0361. The number of hydrogen-bond acceptors (Lipinski definition) is 2. The maximum Gasteiger partial charge on any atom is 0.270 e. The lowest BCUT2D eigenvalue weighted by atomic mass is 9.96. The summed E-state index contributed by atoms with van der Waals surface area (Å²) < 4.78 is 0. The molecule has 2 amide bonds. The van der Waals surface area contributed by atoms with Crippen molar-refractivity contribution in [1.29, 1.82) is 0 Å². The number of rotatable bonds is 3. The van der Waals surface area contributed by atoms with Gasteiger partial charge in [-0.1, -0.05) is 0 Å². The summed E-state index contributed by atoms with van der Waals surface area (Å²) in [5.41, 5.74) is 2.60. The van der Waals surface area contributed by atoms with E-state index in [1.807, 2.05) is 33.8 Å². The van der Waals surface area contributed by atoms with Crippen molar-refractivity contribution >= 4 is 11.8 Å². The second-order valence-electron chi connectivity index (χ2n) is 6.26. The van der Waals surface area contributed by atoms with Gasteiger partial charge in [0.25, 0.3) is 5.91 Å². The van der Waals surface area contributed by atoms with Crippen molar-refractivity contribution in [3.63, 3.8) is 0 Å². The lowest BCUT2D eigenvalue weighted by Crippen LogP contribution is -2.46. The summed E-state index contributed by atoms with van der Waals surface area (Å²) in [4.78, 5) is 29.6. The summed E-state index contributed by atoms with van der Waals surface area (Å²) in [7, 11) is 0. The minimum Gasteiger partial charge on any atom is -0.354 e. The molecule has 1 aliphatic rings. The number of aryl methyl sites for hydroxylation is 2. The molecule has 5 heteroatoms. The number of amides is 2. The van der Waals surface area contributed by atoms with Crippen LogP contribution in [0.5, 0.6) is 0 Å². The summed E-state index contributed by atoms with van der Waals surface area (Å²) in [6.07, 6.45) is 1.73. The Hall–Kier alpha value is -1.78. The Bertz CT molecular complexity index is 534. The van der Waals surface area contributed by atoms with Gasteiger partial charge in [-0.25, -0.2) is 0 Å². The summed E-state index contributed by atoms with van der Waals surface area (Å²) >= 11 is 0. The van der Waals surface area contributed by atoms with Crippen LogP contribution in [0.2, 0.25) is 0 Å². The number of hydrogen-bond donors (Lipinski definition) is 2. The molecule has 1 atom stereocenters. The fourth-order valence-electron chi connectivity index (χ4n) is 2.89.